The summed E-state index contributed by atoms with van der Waals surface area (Å²) in [6, 6.07) is 4.70. The van der Waals surface area contributed by atoms with Gasteiger partial charge in [-0.3, -0.25) is 0 Å². The van der Waals surface area contributed by atoms with Crippen molar-refractivity contribution in [3.63, 3.8) is 0 Å². The molecule has 0 aliphatic heterocycles. The summed E-state index contributed by atoms with van der Waals surface area (Å²) in [5, 5.41) is 0. The van der Waals surface area contributed by atoms with Crippen LogP contribution in [-0.4, -0.2) is 16.9 Å². The van der Waals surface area contributed by atoms with Crippen molar-refractivity contribution in [1.82, 2.24) is 0 Å². The minimum absolute atomic E-state index is 0.263. The smallest absolute Gasteiger partial charge is 0.0473 e. The first kappa shape index (κ1) is 14.4. The molecule has 0 unspecified atom stereocenters. The van der Waals surface area contributed by atoms with Gasteiger partial charge >= 0.3 is 0 Å². The Morgan fingerprint density at radius 3 is 2.00 bits per heavy atom. The van der Waals surface area contributed by atoms with E-state index in [1.807, 2.05) is 0 Å². The van der Waals surface area contributed by atoms with Gasteiger partial charge in [0.2, 0.25) is 0 Å². The van der Waals surface area contributed by atoms with Crippen LogP contribution >= 0.6 is 0 Å². The minimum Gasteiger partial charge on any atom is -0.0722 e. The van der Waals surface area contributed by atoms with Crippen molar-refractivity contribution in [3.8, 4) is 0 Å². The van der Waals surface area contributed by atoms with E-state index in [2.05, 4.69) is 33.1 Å². The maximum Gasteiger partial charge on any atom is 0.0473 e. The topological polar surface area (TPSA) is 0 Å². The number of hydrogen-bond acceptors (Lipinski definition) is 0. The molecular formula is C12H30Si2. The van der Waals surface area contributed by atoms with Gasteiger partial charge in [-0.1, -0.05) is 76.9 Å². The van der Waals surface area contributed by atoms with Crippen LogP contribution in [0.15, 0.2) is 0 Å². The Bertz CT molecular complexity index is 130. The van der Waals surface area contributed by atoms with E-state index in [4.69, 9.17) is 0 Å². The van der Waals surface area contributed by atoms with Crippen LogP contribution < -0.4 is 0 Å². The lowest BCUT2D eigenvalue weighted by atomic mass is 10.4. The van der Waals surface area contributed by atoms with E-state index in [1.54, 1.807) is 18.1 Å². The van der Waals surface area contributed by atoms with Crippen molar-refractivity contribution in [2.45, 2.75) is 76.9 Å². The average Bonchev–Trinajstić information content (AvgIpc) is 2.09. The highest BCUT2D eigenvalue weighted by Gasteiger charge is 2.18. The van der Waals surface area contributed by atoms with Crippen LogP contribution in [-0.2, 0) is 0 Å². The molecule has 0 aromatic carbocycles. The van der Waals surface area contributed by atoms with Crippen molar-refractivity contribution >= 4 is 16.9 Å². The fourth-order valence-electron chi connectivity index (χ4n) is 1.94. The highest BCUT2D eigenvalue weighted by atomic mass is 28.3. The molecule has 0 rings (SSSR count). The molecule has 0 atom stereocenters. The molecule has 86 valence electrons. The summed E-state index contributed by atoms with van der Waals surface area (Å²) in [4.78, 5) is 0. The second-order valence-electron chi connectivity index (χ2n) is 5.91. The summed E-state index contributed by atoms with van der Waals surface area (Å²) < 4.78 is 0. The van der Waals surface area contributed by atoms with E-state index in [-0.39, 0.29) is 8.80 Å². The maximum absolute atomic E-state index is 2.58. The number of rotatable bonds is 8. The summed E-state index contributed by atoms with van der Waals surface area (Å²) in [5.41, 5.74) is 0. The number of unbranched alkanes of at least 4 members (excludes halogenated alkanes) is 2. The molecule has 0 saturated heterocycles. The molecule has 2 heteroatoms. The summed E-state index contributed by atoms with van der Waals surface area (Å²) >= 11 is 0. The van der Waals surface area contributed by atoms with E-state index < -0.39 is 8.07 Å². The normalized spacial score (nSPS) is 12.4. The van der Waals surface area contributed by atoms with Crippen LogP contribution in [0.4, 0.5) is 0 Å². The molecule has 0 saturated carbocycles. The predicted molar refractivity (Wildman–Crippen MR) is 74.9 cm³/mol. The van der Waals surface area contributed by atoms with Crippen LogP contribution in [0.2, 0.25) is 44.3 Å². The zero-order valence-electron chi connectivity index (χ0n) is 11.0. The van der Waals surface area contributed by atoms with Gasteiger partial charge in [0, 0.05) is 16.9 Å². The zero-order valence-corrected chi connectivity index (χ0v) is 13.2. The first-order valence-electron chi connectivity index (χ1n) is 6.48. The molecule has 0 aliphatic carbocycles. The molecule has 0 aliphatic rings. The fourth-order valence-corrected chi connectivity index (χ4v) is 5.81. The van der Waals surface area contributed by atoms with Crippen LogP contribution in [0.25, 0.3) is 0 Å². The van der Waals surface area contributed by atoms with Crippen molar-refractivity contribution in [2.24, 2.45) is 0 Å². The van der Waals surface area contributed by atoms with Crippen LogP contribution in [0.5, 0.6) is 0 Å². The monoisotopic (exact) mass is 230 g/mol. The van der Waals surface area contributed by atoms with Crippen LogP contribution in [0.3, 0.4) is 0 Å². The van der Waals surface area contributed by atoms with Gasteiger partial charge < -0.3 is 0 Å². The summed E-state index contributed by atoms with van der Waals surface area (Å²) in [5.74, 6) is 0. The first-order chi connectivity index (χ1) is 6.48. The van der Waals surface area contributed by atoms with Crippen molar-refractivity contribution < 1.29 is 0 Å². The summed E-state index contributed by atoms with van der Waals surface area (Å²) in [6.07, 6.45) is 5.90. The Morgan fingerprint density at radius 1 is 0.929 bits per heavy atom. The van der Waals surface area contributed by atoms with Gasteiger partial charge in [0.1, 0.15) is 0 Å². The third-order valence-corrected chi connectivity index (χ3v) is 8.07. The Labute approximate surface area is 94.1 Å². The molecule has 0 spiro atoms. The molecule has 0 heterocycles. The predicted octanol–water partition coefficient (Wildman–Crippen LogP) is 4.76. The second kappa shape index (κ2) is 7.69. The Morgan fingerprint density at radius 2 is 1.50 bits per heavy atom. The van der Waals surface area contributed by atoms with Crippen LogP contribution in [0, 0.1) is 0 Å². The molecule has 0 N–H and O–H groups in total. The van der Waals surface area contributed by atoms with Gasteiger partial charge in [0.05, 0.1) is 0 Å². The van der Waals surface area contributed by atoms with E-state index in [0.29, 0.717) is 0 Å². The molecule has 0 fully saturated rings. The SMILES string of the molecule is CCCC[Si](C)(C)CCCC[SiH](C)C. The van der Waals surface area contributed by atoms with Gasteiger partial charge in [0.25, 0.3) is 0 Å². The van der Waals surface area contributed by atoms with E-state index >= 15 is 0 Å². The van der Waals surface area contributed by atoms with Gasteiger partial charge in [-0.15, -0.1) is 0 Å². The Kier molecular flexibility index (Phi) is 7.93. The van der Waals surface area contributed by atoms with Gasteiger partial charge in [-0.2, -0.15) is 0 Å². The Balaban J connectivity index is 3.44. The quantitative estimate of drug-likeness (QED) is 0.416. The molecule has 0 nitrogen and oxygen atoms in total. The minimum atomic E-state index is -0.781. The molecule has 0 aromatic heterocycles. The van der Waals surface area contributed by atoms with Gasteiger partial charge in [-0.05, 0) is 0 Å². The van der Waals surface area contributed by atoms with Crippen molar-refractivity contribution in [3.05, 3.63) is 0 Å². The lowest BCUT2D eigenvalue weighted by Gasteiger charge is -2.22. The molecule has 0 amide bonds. The Hall–Kier alpha value is 0.434. The molecule has 14 heavy (non-hydrogen) atoms. The average molecular weight is 231 g/mol. The second-order valence-corrected chi connectivity index (χ2v) is 14.6. The van der Waals surface area contributed by atoms with Gasteiger partial charge in [0.15, 0.2) is 0 Å². The zero-order chi connectivity index (χ0) is 11.0. The maximum atomic E-state index is 2.58. The van der Waals surface area contributed by atoms with Crippen molar-refractivity contribution in [2.75, 3.05) is 0 Å². The molecule has 0 bridgehead atoms. The fraction of sp³-hybridized carbons (Fsp3) is 1.00. The van der Waals surface area contributed by atoms with Gasteiger partial charge in [-0.25, -0.2) is 0 Å². The summed E-state index contributed by atoms with van der Waals surface area (Å²) in [6.45, 7) is 12.4. The largest absolute Gasteiger partial charge is 0.0722 e. The van der Waals surface area contributed by atoms with Crippen molar-refractivity contribution in [1.29, 1.82) is 0 Å². The molecular weight excluding hydrogens is 200 g/mol. The van der Waals surface area contributed by atoms with E-state index in [9.17, 15) is 0 Å². The standard InChI is InChI=1S/C12H30Si2/c1-6-7-11-14(4,5)12-9-8-10-13(2)3/h13H,6-12H2,1-5H3. The highest BCUT2D eigenvalue weighted by molar-refractivity contribution is 6.77. The molecule has 0 aromatic rings. The lowest BCUT2D eigenvalue weighted by molar-refractivity contribution is 0.826. The molecule has 0 radical (unpaired) electrons. The summed E-state index contributed by atoms with van der Waals surface area (Å²) in [7, 11) is -1.04. The van der Waals surface area contributed by atoms with Crippen LogP contribution in [0.1, 0.15) is 32.6 Å². The highest BCUT2D eigenvalue weighted by Crippen LogP contribution is 2.22. The third-order valence-electron chi connectivity index (χ3n) is 3.09. The first-order valence-corrected chi connectivity index (χ1v) is 13.0. The third kappa shape index (κ3) is 9.01. The lowest BCUT2D eigenvalue weighted by Crippen LogP contribution is -2.24. The van der Waals surface area contributed by atoms with E-state index in [0.717, 1.165) is 0 Å². The van der Waals surface area contributed by atoms with E-state index in [1.165, 1.54) is 25.7 Å². The number of hydrogen-bond donors (Lipinski definition) is 0.